The molecule has 2 heterocycles. The van der Waals surface area contributed by atoms with Crippen LogP contribution in [0.25, 0.3) is 0 Å². The van der Waals surface area contributed by atoms with Crippen LogP contribution in [0.15, 0.2) is 30.6 Å². The van der Waals surface area contributed by atoms with Crippen LogP contribution in [-0.2, 0) is 6.54 Å². The predicted octanol–water partition coefficient (Wildman–Crippen LogP) is 2.05. The third-order valence-electron chi connectivity index (χ3n) is 4.30. The topological polar surface area (TPSA) is 61.0 Å². The molecule has 120 valence electrons. The summed E-state index contributed by atoms with van der Waals surface area (Å²) in [5.41, 5.74) is 1.90. The van der Waals surface area contributed by atoms with Crippen LogP contribution >= 0.6 is 0 Å². The summed E-state index contributed by atoms with van der Waals surface area (Å²) in [5, 5.41) is 17.2. The highest BCUT2D eigenvalue weighted by Crippen LogP contribution is 2.18. The molecule has 6 heteroatoms. The van der Waals surface area contributed by atoms with Crippen molar-refractivity contribution in [2.75, 3.05) is 31.1 Å². The monoisotopic (exact) mass is 310 g/mol. The van der Waals surface area contributed by atoms with Crippen molar-refractivity contribution in [3.8, 4) is 6.07 Å². The maximum absolute atomic E-state index is 8.87. The number of benzene rings is 1. The fourth-order valence-corrected chi connectivity index (χ4v) is 2.92. The normalized spacial score (nSPS) is 15.8. The molecule has 1 aliphatic rings. The number of nitrogens with zero attached hydrogens (tertiary/aromatic N) is 6. The number of hydrogen-bond acceptors (Lipinski definition) is 5. The lowest BCUT2D eigenvalue weighted by atomic mass is 10.2. The van der Waals surface area contributed by atoms with Gasteiger partial charge in [0.1, 0.15) is 12.2 Å². The Bertz CT molecular complexity index is 674. The van der Waals surface area contributed by atoms with E-state index in [9.17, 15) is 0 Å². The van der Waals surface area contributed by atoms with Crippen molar-refractivity contribution in [3.63, 3.8) is 0 Å². The van der Waals surface area contributed by atoms with E-state index in [1.165, 1.54) is 5.69 Å². The fourth-order valence-electron chi connectivity index (χ4n) is 2.92. The Morgan fingerprint density at radius 1 is 1.13 bits per heavy atom. The maximum Gasteiger partial charge on any atom is 0.147 e. The van der Waals surface area contributed by atoms with Gasteiger partial charge < -0.3 is 9.47 Å². The molecule has 0 spiro atoms. The summed E-state index contributed by atoms with van der Waals surface area (Å²) in [7, 11) is 0. The molecular weight excluding hydrogens is 288 g/mol. The minimum atomic E-state index is 0.389. The average molecular weight is 310 g/mol. The van der Waals surface area contributed by atoms with Crippen molar-refractivity contribution in [2.45, 2.75) is 26.4 Å². The van der Waals surface area contributed by atoms with Gasteiger partial charge in [-0.05, 0) is 38.1 Å². The first-order valence-corrected chi connectivity index (χ1v) is 8.03. The van der Waals surface area contributed by atoms with E-state index < -0.39 is 0 Å². The van der Waals surface area contributed by atoms with Crippen LogP contribution in [0.4, 0.5) is 5.69 Å². The molecule has 2 aromatic rings. The van der Waals surface area contributed by atoms with E-state index in [1.807, 2.05) is 30.6 Å². The van der Waals surface area contributed by atoms with Gasteiger partial charge in [0, 0.05) is 37.9 Å². The SMILES string of the molecule is CC(C)n1cnnc1CN1CCN(c2ccc(C#N)cc2)CC1. The zero-order chi connectivity index (χ0) is 16.2. The predicted molar refractivity (Wildman–Crippen MR) is 89.1 cm³/mol. The molecule has 23 heavy (non-hydrogen) atoms. The van der Waals surface area contributed by atoms with E-state index in [-0.39, 0.29) is 0 Å². The van der Waals surface area contributed by atoms with Crippen molar-refractivity contribution >= 4 is 5.69 Å². The first-order valence-electron chi connectivity index (χ1n) is 8.03. The Morgan fingerprint density at radius 2 is 1.83 bits per heavy atom. The van der Waals surface area contributed by atoms with Crippen molar-refractivity contribution in [3.05, 3.63) is 42.0 Å². The van der Waals surface area contributed by atoms with Crippen molar-refractivity contribution < 1.29 is 0 Å². The number of anilines is 1. The molecule has 1 aromatic heterocycles. The number of hydrogen-bond donors (Lipinski definition) is 0. The van der Waals surface area contributed by atoms with Crippen LogP contribution in [0.3, 0.4) is 0 Å². The largest absolute Gasteiger partial charge is 0.369 e. The van der Waals surface area contributed by atoms with E-state index in [0.29, 0.717) is 11.6 Å². The molecule has 1 fully saturated rings. The Balaban J connectivity index is 1.58. The molecule has 1 saturated heterocycles. The van der Waals surface area contributed by atoms with Gasteiger partial charge in [0.25, 0.3) is 0 Å². The molecule has 0 N–H and O–H groups in total. The van der Waals surface area contributed by atoms with E-state index in [2.05, 4.69) is 44.5 Å². The average Bonchev–Trinajstić information content (AvgIpc) is 3.04. The first-order chi connectivity index (χ1) is 11.2. The quantitative estimate of drug-likeness (QED) is 0.865. The molecule has 3 rings (SSSR count). The molecule has 1 aliphatic heterocycles. The van der Waals surface area contributed by atoms with Gasteiger partial charge in [0.05, 0.1) is 18.2 Å². The standard InChI is InChI=1S/C17H22N6/c1-14(2)23-13-19-20-17(23)12-21-7-9-22(10-8-21)16-5-3-15(11-18)4-6-16/h3-6,13-14H,7-10,12H2,1-2H3. The summed E-state index contributed by atoms with van der Waals surface area (Å²) in [6, 6.07) is 10.4. The molecule has 0 bridgehead atoms. The second kappa shape index (κ2) is 6.80. The molecule has 0 unspecified atom stereocenters. The van der Waals surface area contributed by atoms with Crippen LogP contribution in [0.2, 0.25) is 0 Å². The summed E-state index contributed by atoms with van der Waals surface area (Å²) >= 11 is 0. The second-order valence-electron chi connectivity index (χ2n) is 6.17. The lowest BCUT2D eigenvalue weighted by Crippen LogP contribution is -2.46. The summed E-state index contributed by atoms with van der Waals surface area (Å²) in [5.74, 6) is 1.03. The van der Waals surface area contributed by atoms with Gasteiger partial charge in [-0.25, -0.2) is 0 Å². The van der Waals surface area contributed by atoms with Gasteiger partial charge in [-0.3, -0.25) is 4.90 Å². The Labute approximate surface area is 137 Å². The van der Waals surface area contributed by atoms with Gasteiger partial charge in [0.15, 0.2) is 0 Å². The van der Waals surface area contributed by atoms with E-state index in [0.717, 1.165) is 38.5 Å². The van der Waals surface area contributed by atoms with Crippen molar-refractivity contribution in [1.82, 2.24) is 19.7 Å². The molecule has 0 radical (unpaired) electrons. The van der Waals surface area contributed by atoms with E-state index in [4.69, 9.17) is 5.26 Å². The minimum Gasteiger partial charge on any atom is -0.369 e. The highest BCUT2D eigenvalue weighted by Gasteiger charge is 2.19. The van der Waals surface area contributed by atoms with Crippen LogP contribution in [0.5, 0.6) is 0 Å². The third-order valence-corrected chi connectivity index (χ3v) is 4.30. The van der Waals surface area contributed by atoms with Crippen molar-refractivity contribution in [2.24, 2.45) is 0 Å². The summed E-state index contributed by atoms with van der Waals surface area (Å²) in [6.45, 7) is 9.13. The molecule has 0 atom stereocenters. The summed E-state index contributed by atoms with van der Waals surface area (Å²) < 4.78 is 2.13. The Kier molecular flexibility index (Phi) is 4.58. The Morgan fingerprint density at radius 3 is 2.43 bits per heavy atom. The van der Waals surface area contributed by atoms with Crippen LogP contribution < -0.4 is 4.90 Å². The molecular formula is C17H22N6. The highest BCUT2D eigenvalue weighted by atomic mass is 15.3. The number of piperazine rings is 1. The minimum absolute atomic E-state index is 0.389. The maximum atomic E-state index is 8.87. The van der Waals surface area contributed by atoms with E-state index in [1.54, 1.807) is 0 Å². The van der Waals surface area contributed by atoms with Gasteiger partial charge in [-0.2, -0.15) is 5.26 Å². The number of aromatic nitrogens is 3. The number of nitriles is 1. The van der Waals surface area contributed by atoms with E-state index >= 15 is 0 Å². The first kappa shape index (κ1) is 15.5. The van der Waals surface area contributed by atoms with Gasteiger partial charge in [-0.1, -0.05) is 0 Å². The lowest BCUT2D eigenvalue weighted by molar-refractivity contribution is 0.239. The van der Waals surface area contributed by atoms with Crippen LogP contribution in [0.1, 0.15) is 31.3 Å². The molecule has 0 aliphatic carbocycles. The van der Waals surface area contributed by atoms with Crippen molar-refractivity contribution in [1.29, 1.82) is 5.26 Å². The zero-order valence-corrected chi connectivity index (χ0v) is 13.7. The summed E-state index contributed by atoms with van der Waals surface area (Å²) in [4.78, 5) is 4.79. The highest BCUT2D eigenvalue weighted by molar-refractivity contribution is 5.50. The molecule has 6 nitrogen and oxygen atoms in total. The molecule has 0 saturated carbocycles. The zero-order valence-electron chi connectivity index (χ0n) is 13.7. The van der Waals surface area contributed by atoms with Crippen LogP contribution in [-0.4, -0.2) is 45.8 Å². The fraction of sp³-hybridized carbons (Fsp3) is 0.471. The lowest BCUT2D eigenvalue weighted by Gasteiger charge is -2.36. The molecule has 1 aromatic carbocycles. The van der Waals surface area contributed by atoms with Gasteiger partial charge >= 0.3 is 0 Å². The smallest absolute Gasteiger partial charge is 0.147 e. The Hall–Kier alpha value is -2.39. The van der Waals surface area contributed by atoms with Gasteiger partial charge in [0.2, 0.25) is 0 Å². The van der Waals surface area contributed by atoms with Gasteiger partial charge in [-0.15, -0.1) is 10.2 Å². The third kappa shape index (κ3) is 3.51. The second-order valence-corrected chi connectivity index (χ2v) is 6.17. The van der Waals surface area contributed by atoms with Crippen LogP contribution in [0, 0.1) is 11.3 Å². The molecule has 0 amide bonds. The number of rotatable bonds is 4. The summed E-state index contributed by atoms with van der Waals surface area (Å²) in [6.07, 6.45) is 1.81.